The van der Waals surface area contributed by atoms with E-state index >= 15 is 0 Å². The van der Waals surface area contributed by atoms with Crippen molar-refractivity contribution in [1.29, 1.82) is 0 Å². The average Bonchev–Trinajstić information content (AvgIpc) is 2.13. The lowest BCUT2D eigenvalue weighted by molar-refractivity contribution is 0.598. The van der Waals surface area contributed by atoms with Gasteiger partial charge in [0, 0.05) is 5.02 Å². The molecule has 4 heteroatoms. The summed E-state index contributed by atoms with van der Waals surface area (Å²) in [5.41, 5.74) is 1.49. The van der Waals surface area contributed by atoms with Crippen LogP contribution in [0.3, 0.4) is 0 Å². The number of aryl methyl sites for hydroxylation is 1. The Kier molecular flexibility index (Phi) is 3.58. The zero-order valence-corrected chi connectivity index (χ0v) is 10.3. The molecular weight excluding hydrogens is 232 g/mol. The van der Waals surface area contributed by atoms with Crippen LogP contribution in [0.15, 0.2) is 29.7 Å². The van der Waals surface area contributed by atoms with Crippen molar-refractivity contribution >= 4 is 21.4 Å². The van der Waals surface area contributed by atoms with E-state index in [4.69, 9.17) is 11.6 Å². The second-order valence-electron chi connectivity index (χ2n) is 3.39. The van der Waals surface area contributed by atoms with Crippen LogP contribution >= 0.6 is 11.6 Å². The Bertz CT molecular complexity index is 490. The zero-order chi connectivity index (χ0) is 11.6. The first kappa shape index (κ1) is 12.3. The smallest absolute Gasteiger partial charge is 0.182 e. The average molecular weight is 245 g/mol. The summed E-state index contributed by atoms with van der Waals surface area (Å²) in [5, 5.41) is 0.514. The third-order valence-corrected chi connectivity index (χ3v) is 4.57. The highest BCUT2D eigenvalue weighted by atomic mass is 35.5. The molecule has 1 aromatic rings. The van der Waals surface area contributed by atoms with Gasteiger partial charge >= 0.3 is 0 Å². The summed E-state index contributed by atoms with van der Waals surface area (Å²) < 4.78 is 23.6. The van der Waals surface area contributed by atoms with Crippen LogP contribution in [0.1, 0.15) is 11.1 Å². The largest absolute Gasteiger partial charge is 0.223 e. The van der Waals surface area contributed by atoms with Crippen molar-refractivity contribution in [2.45, 2.75) is 18.7 Å². The van der Waals surface area contributed by atoms with Crippen LogP contribution in [-0.4, -0.2) is 14.2 Å². The molecule has 0 unspecified atom stereocenters. The van der Waals surface area contributed by atoms with Crippen molar-refractivity contribution < 1.29 is 8.42 Å². The van der Waals surface area contributed by atoms with Crippen molar-refractivity contribution in [3.63, 3.8) is 0 Å². The van der Waals surface area contributed by atoms with E-state index in [1.54, 1.807) is 19.1 Å². The Morgan fingerprint density at radius 3 is 2.53 bits per heavy atom. The molecule has 1 rings (SSSR count). The second kappa shape index (κ2) is 4.37. The Hall–Kier alpha value is -0.800. The van der Waals surface area contributed by atoms with E-state index in [0.29, 0.717) is 10.6 Å². The van der Waals surface area contributed by atoms with Crippen LogP contribution in [0.4, 0.5) is 0 Å². The lowest BCUT2D eigenvalue weighted by Gasteiger charge is -2.09. The van der Waals surface area contributed by atoms with Gasteiger partial charge in [-0.05, 0) is 31.0 Å². The maximum absolute atomic E-state index is 11.8. The molecule has 0 amide bonds. The van der Waals surface area contributed by atoms with Gasteiger partial charge in [0.1, 0.15) is 0 Å². The number of rotatable bonds is 3. The zero-order valence-electron chi connectivity index (χ0n) is 8.75. The van der Waals surface area contributed by atoms with Gasteiger partial charge in [0.2, 0.25) is 0 Å². The van der Waals surface area contributed by atoms with Crippen molar-refractivity contribution in [2.75, 3.05) is 5.75 Å². The number of hydrogen-bond acceptors (Lipinski definition) is 2. The minimum atomic E-state index is -3.28. The van der Waals surface area contributed by atoms with E-state index in [-0.39, 0.29) is 10.6 Å². The number of hydrogen-bond donors (Lipinski definition) is 0. The molecule has 1 aromatic carbocycles. The first-order valence-electron chi connectivity index (χ1n) is 4.49. The molecular formula is C11H13ClO2S. The number of sulfone groups is 1. The molecule has 2 nitrogen and oxygen atoms in total. The molecule has 0 atom stereocenters. The summed E-state index contributed by atoms with van der Waals surface area (Å²) >= 11 is 6.00. The van der Waals surface area contributed by atoms with Crippen LogP contribution in [0.5, 0.6) is 0 Å². The second-order valence-corrected chi connectivity index (χ2v) is 5.77. The maximum Gasteiger partial charge on any atom is 0.182 e. The maximum atomic E-state index is 11.8. The van der Waals surface area contributed by atoms with Crippen molar-refractivity contribution in [3.8, 4) is 0 Å². The highest BCUT2D eigenvalue weighted by molar-refractivity contribution is 7.91. The van der Waals surface area contributed by atoms with E-state index in [1.807, 2.05) is 6.92 Å². The topological polar surface area (TPSA) is 34.1 Å². The summed E-state index contributed by atoms with van der Waals surface area (Å²) in [6.07, 6.45) is 1.38. The molecule has 0 N–H and O–H groups in total. The van der Waals surface area contributed by atoms with E-state index in [1.165, 1.54) is 6.08 Å². The van der Waals surface area contributed by atoms with Gasteiger partial charge in [-0.1, -0.05) is 23.7 Å². The van der Waals surface area contributed by atoms with Gasteiger partial charge in [-0.15, -0.1) is 6.58 Å². The Balaban J connectivity index is 3.40. The highest BCUT2D eigenvalue weighted by Gasteiger charge is 2.17. The standard InChI is InChI=1S/C11H13ClO2S/c1-4-7-15(13,14)10-6-5-8(2)11(12)9(10)3/h4-6H,1,7H2,2-3H3. The number of benzene rings is 1. The quantitative estimate of drug-likeness (QED) is 0.767. The van der Waals surface area contributed by atoms with Gasteiger partial charge in [0.25, 0.3) is 0 Å². The normalized spacial score (nSPS) is 11.4. The fraction of sp³-hybridized carbons (Fsp3) is 0.273. The Labute approximate surface area is 95.5 Å². The van der Waals surface area contributed by atoms with E-state index < -0.39 is 9.84 Å². The molecule has 0 bridgehead atoms. The summed E-state index contributed by atoms with van der Waals surface area (Å²) in [5.74, 6) is -0.0623. The fourth-order valence-corrected chi connectivity index (χ4v) is 2.94. The minimum absolute atomic E-state index is 0.0623. The van der Waals surface area contributed by atoms with Crippen LogP contribution in [0.25, 0.3) is 0 Å². The molecule has 0 saturated carbocycles. The number of halogens is 1. The van der Waals surface area contributed by atoms with E-state index in [9.17, 15) is 8.42 Å². The Morgan fingerprint density at radius 2 is 2.00 bits per heavy atom. The lowest BCUT2D eigenvalue weighted by atomic mass is 10.1. The molecule has 0 fully saturated rings. The molecule has 0 radical (unpaired) electrons. The molecule has 15 heavy (non-hydrogen) atoms. The molecule has 0 aliphatic heterocycles. The molecule has 0 aliphatic rings. The van der Waals surface area contributed by atoms with Crippen molar-refractivity contribution in [3.05, 3.63) is 40.9 Å². The van der Waals surface area contributed by atoms with Gasteiger partial charge in [-0.2, -0.15) is 0 Å². The predicted molar refractivity (Wildman–Crippen MR) is 63.2 cm³/mol. The van der Waals surface area contributed by atoms with Gasteiger partial charge < -0.3 is 0 Å². The molecule has 0 saturated heterocycles. The summed E-state index contributed by atoms with van der Waals surface area (Å²) in [6, 6.07) is 3.31. The van der Waals surface area contributed by atoms with Crippen LogP contribution < -0.4 is 0 Å². The molecule has 0 spiro atoms. The first-order chi connectivity index (χ1) is 6.90. The molecule has 0 heterocycles. The third kappa shape index (κ3) is 2.41. The van der Waals surface area contributed by atoms with Gasteiger partial charge in [0.15, 0.2) is 9.84 Å². The predicted octanol–water partition coefficient (Wildman–Crippen LogP) is 2.92. The first-order valence-corrected chi connectivity index (χ1v) is 6.52. The summed E-state index contributed by atoms with van der Waals surface area (Å²) in [4.78, 5) is 0.290. The minimum Gasteiger partial charge on any atom is -0.223 e. The molecule has 0 aliphatic carbocycles. The van der Waals surface area contributed by atoms with Crippen molar-refractivity contribution in [2.24, 2.45) is 0 Å². The van der Waals surface area contributed by atoms with Crippen LogP contribution in [0.2, 0.25) is 5.02 Å². The van der Waals surface area contributed by atoms with Crippen molar-refractivity contribution in [1.82, 2.24) is 0 Å². The van der Waals surface area contributed by atoms with Crippen LogP contribution in [0, 0.1) is 13.8 Å². The summed E-state index contributed by atoms with van der Waals surface area (Å²) in [6.45, 7) is 6.99. The highest BCUT2D eigenvalue weighted by Crippen LogP contribution is 2.27. The SMILES string of the molecule is C=CCS(=O)(=O)c1ccc(C)c(Cl)c1C. The summed E-state index contributed by atoms with van der Waals surface area (Å²) in [7, 11) is -3.28. The van der Waals surface area contributed by atoms with Gasteiger partial charge in [0.05, 0.1) is 10.6 Å². The molecule has 82 valence electrons. The van der Waals surface area contributed by atoms with E-state index in [0.717, 1.165) is 5.56 Å². The fourth-order valence-electron chi connectivity index (χ4n) is 1.38. The molecule has 0 aromatic heterocycles. The van der Waals surface area contributed by atoms with Gasteiger partial charge in [-0.25, -0.2) is 8.42 Å². The monoisotopic (exact) mass is 244 g/mol. The van der Waals surface area contributed by atoms with E-state index in [2.05, 4.69) is 6.58 Å². The Morgan fingerprint density at radius 1 is 1.40 bits per heavy atom. The van der Waals surface area contributed by atoms with Gasteiger partial charge in [-0.3, -0.25) is 0 Å². The van der Waals surface area contributed by atoms with Crippen LogP contribution in [-0.2, 0) is 9.84 Å². The third-order valence-electron chi connectivity index (χ3n) is 2.20. The lowest BCUT2D eigenvalue weighted by Crippen LogP contribution is -2.07.